The van der Waals surface area contributed by atoms with Crippen LogP contribution in [0.4, 0.5) is 0 Å². The van der Waals surface area contributed by atoms with Crippen molar-refractivity contribution in [2.75, 3.05) is 0 Å². The van der Waals surface area contributed by atoms with Crippen molar-refractivity contribution in [3.8, 4) is 0 Å². The number of hydrogen-bond acceptors (Lipinski definition) is 2. The number of hydrogen-bond donors (Lipinski definition) is 1. The van der Waals surface area contributed by atoms with Crippen LogP contribution in [0.3, 0.4) is 0 Å². The van der Waals surface area contributed by atoms with Gasteiger partial charge in [0, 0.05) is 13.3 Å². The molecule has 3 heteroatoms. The molecule has 1 aromatic carbocycles. The lowest BCUT2D eigenvalue weighted by Crippen LogP contribution is -1.99. The van der Waals surface area contributed by atoms with E-state index in [0.29, 0.717) is 0 Å². The molecule has 0 aliphatic rings. The summed E-state index contributed by atoms with van der Waals surface area (Å²) >= 11 is 3.95. The Morgan fingerprint density at radius 1 is 1.25 bits per heavy atom. The van der Waals surface area contributed by atoms with Gasteiger partial charge in [-0.25, -0.2) is 0 Å². The fourth-order valence-electron chi connectivity index (χ4n) is 1.58. The van der Waals surface area contributed by atoms with E-state index in [0.717, 1.165) is 20.4 Å². The first kappa shape index (κ1) is 12.1. The Hall–Kier alpha value is -0.390. The van der Waals surface area contributed by atoms with Crippen LogP contribution in [-0.4, -0.2) is 5.11 Å². The number of benzene rings is 1. The standard InChI is InChI=1S/C13H13IOS/c1-2-9-7-8-12(16-9)13(15)10-5-3-4-6-11(10)14/h3-8,13,15H,2H2,1H3. The molecule has 1 aromatic heterocycles. The van der Waals surface area contributed by atoms with E-state index in [9.17, 15) is 5.11 Å². The van der Waals surface area contributed by atoms with E-state index in [4.69, 9.17) is 0 Å². The van der Waals surface area contributed by atoms with E-state index >= 15 is 0 Å². The summed E-state index contributed by atoms with van der Waals surface area (Å²) in [5.41, 5.74) is 0.993. The Bertz CT molecular complexity index is 478. The average molecular weight is 344 g/mol. The number of halogens is 1. The average Bonchev–Trinajstić information content (AvgIpc) is 2.77. The van der Waals surface area contributed by atoms with E-state index in [1.54, 1.807) is 11.3 Å². The molecule has 0 aliphatic carbocycles. The minimum atomic E-state index is -0.488. The molecular weight excluding hydrogens is 331 g/mol. The van der Waals surface area contributed by atoms with Crippen molar-refractivity contribution in [2.45, 2.75) is 19.4 Å². The second kappa shape index (κ2) is 5.29. The van der Waals surface area contributed by atoms with E-state index < -0.39 is 6.10 Å². The third-order valence-corrected chi connectivity index (χ3v) is 4.76. The van der Waals surface area contributed by atoms with Crippen LogP contribution in [0.25, 0.3) is 0 Å². The largest absolute Gasteiger partial charge is 0.383 e. The van der Waals surface area contributed by atoms with Gasteiger partial charge in [-0.05, 0) is 52.8 Å². The predicted molar refractivity (Wildman–Crippen MR) is 76.9 cm³/mol. The molecule has 0 radical (unpaired) electrons. The summed E-state index contributed by atoms with van der Waals surface area (Å²) in [6.45, 7) is 2.13. The van der Waals surface area contributed by atoms with Crippen LogP contribution in [0, 0.1) is 3.57 Å². The fourth-order valence-corrected chi connectivity index (χ4v) is 3.22. The number of thiophene rings is 1. The van der Waals surface area contributed by atoms with Crippen LogP contribution < -0.4 is 0 Å². The summed E-state index contributed by atoms with van der Waals surface area (Å²) in [6.07, 6.45) is 0.543. The van der Waals surface area contributed by atoms with Crippen molar-refractivity contribution in [1.29, 1.82) is 0 Å². The Morgan fingerprint density at radius 3 is 2.62 bits per heavy atom. The topological polar surface area (TPSA) is 20.2 Å². The van der Waals surface area contributed by atoms with Gasteiger partial charge in [-0.3, -0.25) is 0 Å². The van der Waals surface area contributed by atoms with Crippen LogP contribution in [0.5, 0.6) is 0 Å². The van der Waals surface area contributed by atoms with Gasteiger partial charge in [0.05, 0.1) is 0 Å². The van der Waals surface area contributed by atoms with Crippen LogP contribution >= 0.6 is 33.9 Å². The number of aliphatic hydroxyl groups is 1. The molecule has 16 heavy (non-hydrogen) atoms. The molecule has 1 heterocycles. The molecule has 0 amide bonds. The van der Waals surface area contributed by atoms with Gasteiger partial charge in [-0.15, -0.1) is 11.3 Å². The SMILES string of the molecule is CCc1ccc(C(O)c2ccccc2I)s1. The Kier molecular flexibility index (Phi) is 4.00. The Labute approximate surface area is 113 Å². The Morgan fingerprint density at radius 2 is 2.00 bits per heavy atom. The van der Waals surface area contributed by atoms with Gasteiger partial charge in [0.25, 0.3) is 0 Å². The highest BCUT2D eigenvalue weighted by Crippen LogP contribution is 2.30. The van der Waals surface area contributed by atoms with Crippen molar-refractivity contribution >= 4 is 33.9 Å². The van der Waals surface area contributed by atoms with E-state index in [-0.39, 0.29) is 0 Å². The summed E-state index contributed by atoms with van der Waals surface area (Å²) in [4.78, 5) is 2.35. The van der Waals surface area contributed by atoms with Crippen LogP contribution in [-0.2, 0) is 6.42 Å². The van der Waals surface area contributed by atoms with Gasteiger partial charge >= 0.3 is 0 Å². The molecule has 0 fully saturated rings. The molecule has 1 atom stereocenters. The van der Waals surface area contributed by atoms with Crippen molar-refractivity contribution in [1.82, 2.24) is 0 Å². The first-order chi connectivity index (χ1) is 7.72. The molecule has 2 aromatic rings. The first-order valence-electron chi connectivity index (χ1n) is 5.23. The monoisotopic (exact) mass is 344 g/mol. The third-order valence-electron chi connectivity index (χ3n) is 2.50. The van der Waals surface area contributed by atoms with Gasteiger partial charge in [0.1, 0.15) is 6.10 Å². The van der Waals surface area contributed by atoms with Crippen molar-refractivity contribution in [2.24, 2.45) is 0 Å². The number of aryl methyl sites for hydroxylation is 1. The van der Waals surface area contributed by atoms with Crippen LogP contribution in [0.2, 0.25) is 0 Å². The molecule has 0 spiro atoms. The van der Waals surface area contributed by atoms with Gasteiger partial charge in [-0.1, -0.05) is 25.1 Å². The lowest BCUT2D eigenvalue weighted by atomic mass is 10.1. The Balaban J connectivity index is 2.31. The maximum atomic E-state index is 10.3. The summed E-state index contributed by atoms with van der Waals surface area (Å²) in [6, 6.07) is 12.1. The normalized spacial score (nSPS) is 12.7. The minimum Gasteiger partial charge on any atom is -0.383 e. The second-order valence-electron chi connectivity index (χ2n) is 3.58. The zero-order valence-corrected chi connectivity index (χ0v) is 12.0. The quantitative estimate of drug-likeness (QED) is 0.835. The minimum absolute atomic E-state index is 0.488. The highest BCUT2D eigenvalue weighted by atomic mass is 127. The van der Waals surface area contributed by atoms with E-state index in [1.165, 1.54) is 4.88 Å². The highest BCUT2D eigenvalue weighted by molar-refractivity contribution is 14.1. The fraction of sp³-hybridized carbons (Fsp3) is 0.231. The van der Waals surface area contributed by atoms with Gasteiger partial charge in [-0.2, -0.15) is 0 Å². The lowest BCUT2D eigenvalue weighted by molar-refractivity contribution is 0.223. The predicted octanol–water partition coefficient (Wildman–Crippen LogP) is 4.00. The third kappa shape index (κ3) is 2.47. The molecule has 1 unspecified atom stereocenters. The molecule has 2 rings (SSSR count). The summed E-state index contributed by atoms with van der Waals surface area (Å²) in [5, 5.41) is 10.3. The number of aliphatic hydroxyl groups excluding tert-OH is 1. The maximum Gasteiger partial charge on any atom is 0.114 e. The highest BCUT2D eigenvalue weighted by Gasteiger charge is 2.14. The molecule has 0 aliphatic heterocycles. The van der Waals surface area contributed by atoms with Gasteiger partial charge in [0.15, 0.2) is 0 Å². The molecule has 84 valence electrons. The van der Waals surface area contributed by atoms with Gasteiger partial charge < -0.3 is 5.11 Å². The van der Waals surface area contributed by atoms with Crippen LogP contribution in [0.1, 0.15) is 28.3 Å². The summed E-state index contributed by atoms with van der Waals surface area (Å²) in [7, 11) is 0. The summed E-state index contributed by atoms with van der Waals surface area (Å²) < 4.78 is 1.11. The number of rotatable bonds is 3. The molecular formula is C13H13IOS. The van der Waals surface area contributed by atoms with Crippen molar-refractivity contribution < 1.29 is 5.11 Å². The molecule has 0 saturated carbocycles. The lowest BCUT2D eigenvalue weighted by Gasteiger charge is -2.10. The molecule has 1 nitrogen and oxygen atoms in total. The molecule has 1 N–H and O–H groups in total. The van der Waals surface area contributed by atoms with Crippen LogP contribution in [0.15, 0.2) is 36.4 Å². The maximum absolute atomic E-state index is 10.3. The first-order valence-corrected chi connectivity index (χ1v) is 7.13. The van der Waals surface area contributed by atoms with Crippen molar-refractivity contribution in [3.05, 3.63) is 55.3 Å². The molecule has 0 bridgehead atoms. The van der Waals surface area contributed by atoms with Gasteiger partial charge in [0.2, 0.25) is 0 Å². The van der Waals surface area contributed by atoms with E-state index in [2.05, 4.69) is 35.6 Å². The zero-order valence-electron chi connectivity index (χ0n) is 8.98. The summed E-state index contributed by atoms with van der Waals surface area (Å²) in [5.74, 6) is 0. The zero-order chi connectivity index (χ0) is 11.5. The van der Waals surface area contributed by atoms with Crippen molar-refractivity contribution in [3.63, 3.8) is 0 Å². The smallest absolute Gasteiger partial charge is 0.114 e. The molecule has 0 saturated heterocycles. The van der Waals surface area contributed by atoms with E-state index in [1.807, 2.05) is 30.3 Å². The second-order valence-corrected chi connectivity index (χ2v) is 5.94.